The van der Waals surface area contributed by atoms with E-state index in [1.165, 1.54) is 19.3 Å². The minimum atomic E-state index is 0. The van der Waals surface area contributed by atoms with Crippen molar-refractivity contribution in [2.24, 2.45) is 5.92 Å². The van der Waals surface area contributed by atoms with Crippen LogP contribution in [0.2, 0.25) is 10.0 Å². The van der Waals surface area contributed by atoms with Gasteiger partial charge < -0.3 is 15.4 Å². The van der Waals surface area contributed by atoms with Gasteiger partial charge in [-0.3, -0.25) is 0 Å². The third-order valence-electron chi connectivity index (χ3n) is 4.87. The van der Waals surface area contributed by atoms with Gasteiger partial charge in [0.05, 0.1) is 23.3 Å². The summed E-state index contributed by atoms with van der Waals surface area (Å²) >= 11 is 12.3. The molecule has 0 radical (unpaired) electrons. The summed E-state index contributed by atoms with van der Waals surface area (Å²) in [6, 6.07) is 6.94. The van der Waals surface area contributed by atoms with Crippen molar-refractivity contribution < 1.29 is 4.74 Å². The third kappa shape index (κ3) is 4.97. The van der Waals surface area contributed by atoms with Crippen molar-refractivity contribution in [1.82, 2.24) is 10.6 Å². The second kappa shape index (κ2) is 9.45. The topological polar surface area (TPSA) is 33.3 Å². The number of rotatable bonds is 5. The normalized spacial score (nSPS) is 27.7. The van der Waals surface area contributed by atoms with Gasteiger partial charge in [-0.15, -0.1) is 12.4 Å². The lowest BCUT2D eigenvalue weighted by Crippen LogP contribution is -2.51. The standard InChI is InChI=1S/C17H24Cl2N2O.ClH/c18-14-5-1-3-12(17(14)19)7-8-20-15-6-2-4-13(15)16-11-22-10-9-21-16;/h1,3,5,13,15-16,20-21H,2,4,6-11H2;1H. The predicted octanol–water partition coefficient (Wildman–Crippen LogP) is 3.70. The van der Waals surface area contributed by atoms with Gasteiger partial charge in [0.1, 0.15) is 0 Å². The molecule has 1 saturated carbocycles. The molecule has 3 unspecified atom stereocenters. The third-order valence-corrected chi connectivity index (χ3v) is 5.73. The van der Waals surface area contributed by atoms with E-state index in [4.69, 9.17) is 27.9 Å². The summed E-state index contributed by atoms with van der Waals surface area (Å²) in [4.78, 5) is 0. The molecule has 1 heterocycles. The van der Waals surface area contributed by atoms with Crippen molar-refractivity contribution in [3.05, 3.63) is 33.8 Å². The van der Waals surface area contributed by atoms with Gasteiger partial charge in [-0.05, 0) is 43.4 Å². The monoisotopic (exact) mass is 378 g/mol. The first-order valence-corrected chi connectivity index (χ1v) is 8.98. The van der Waals surface area contributed by atoms with Crippen LogP contribution in [-0.2, 0) is 11.2 Å². The van der Waals surface area contributed by atoms with Crippen LogP contribution < -0.4 is 10.6 Å². The van der Waals surface area contributed by atoms with Crippen molar-refractivity contribution in [1.29, 1.82) is 0 Å². The van der Waals surface area contributed by atoms with E-state index in [1.807, 2.05) is 12.1 Å². The Morgan fingerprint density at radius 3 is 2.91 bits per heavy atom. The minimum absolute atomic E-state index is 0. The van der Waals surface area contributed by atoms with Gasteiger partial charge in [-0.25, -0.2) is 0 Å². The largest absolute Gasteiger partial charge is 0.379 e. The van der Waals surface area contributed by atoms with Gasteiger partial charge in [-0.1, -0.05) is 41.8 Å². The van der Waals surface area contributed by atoms with Gasteiger partial charge in [0.2, 0.25) is 0 Å². The summed E-state index contributed by atoms with van der Waals surface area (Å²) in [7, 11) is 0. The quantitative estimate of drug-likeness (QED) is 0.818. The van der Waals surface area contributed by atoms with E-state index in [9.17, 15) is 0 Å². The van der Waals surface area contributed by atoms with Crippen LogP contribution in [0.3, 0.4) is 0 Å². The summed E-state index contributed by atoms with van der Waals surface area (Å²) < 4.78 is 5.62. The fraction of sp³-hybridized carbons (Fsp3) is 0.647. The van der Waals surface area contributed by atoms with Gasteiger partial charge in [0.15, 0.2) is 0 Å². The second-order valence-electron chi connectivity index (χ2n) is 6.25. The molecule has 6 heteroatoms. The van der Waals surface area contributed by atoms with Gasteiger partial charge in [0.25, 0.3) is 0 Å². The van der Waals surface area contributed by atoms with E-state index >= 15 is 0 Å². The number of ether oxygens (including phenoxy) is 1. The van der Waals surface area contributed by atoms with Gasteiger partial charge in [-0.2, -0.15) is 0 Å². The number of hydrogen-bond acceptors (Lipinski definition) is 3. The van der Waals surface area contributed by atoms with Crippen LogP contribution in [0.25, 0.3) is 0 Å². The molecule has 0 amide bonds. The number of halogens is 3. The Bertz CT molecular complexity index is 495. The molecule has 0 aromatic heterocycles. The summed E-state index contributed by atoms with van der Waals surface area (Å²) in [5, 5.41) is 8.67. The zero-order valence-electron chi connectivity index (χ0n) is 13.2. The van der Waals surface area contributed by atoms with Crippen LogP contribution in [0.4, 0.5) is 0 Å². The molecule has 2 aliphatic rings. The summed E-state index contributed by atoms with van der Waals surface area (Å²) in [5.74, 6) is 0.676. The smallest absolute Gasteiger partial charge is 0.0624 e. The molecule has 0 bridgehead atoms. The maximum atomic E-state index is 6.25. The predicted molar refractivity (Wildman–Crippen MR) is 99.2 cm³/mol. The van der Waals surface area contributed by atoms with Crippen molar-refractivity contribution in [2.75, 3.05) is 26.3 Å². The highest BCUT2D eigenvalue weighted by atomic mass is 35.5. The van der Waals surface area contributed by atoms with Crippen molar-refractivity contribution in [2.45, 2.75) is 37.8 Å². The van der Waals surface area contributed by atoms with E-state index in [0.29, 0.717) is 28.0 Å². The molecule has 2 fully saturated rings. The lowest BCUT2D eigenvalue weighted by molar-refractivity contribution is 0.0526. The average Bonchev–Trinajstić information content (AvgIpc) is 3.01. The van der Waals surface area contributed by atoms with Crippen LogP contribution in [0, 0.1) is 5.92 Å². The molecular formula is C17H25Cl3N2O. The number of nitrogens with one attached hydrogen (secondary N) is 2. The Morgan fingerprint density at radius 2 is 2.13 bits per heavy atom. The average molecular weight is 380 g/mol. The molecule has 3 nitrogen and oxygen atoms in total. The summed E-state index contributed by atoms with van der Waals surface area (Å²) in [5.41, 5.74) is 1.12. The SMILES string of the molecule is Cl.Clc1cccc(CCNC2CCCC2C2COCCN2)c1Cl. The second-order valence-corrected chi connectivity index (χ2v) is 7.04. The Morgan fingerprint density at radius 1 is 1.26 bits per heavy atom. The van der Waals surface area contributed by atoms with Crippen LogP contribution in [-0.4, -0.2) is 38.4 Å². The molecule has 1 aromatic carbocycles. The van der Waals surface area contributed by atoms with Crippen molar-refractivity contribution >= 4 is 35.6 Å². The van der Waals surface area contributed by atoms with E-state index in [0.717, 1.165) is 38.3 Å². The zero-order valence-corrected chi connectivity index (χ0v) is 15.5. The summed E-state index contributed by atoms with van der Waals surface area (Å²) in [6.45, 7) is 3.61. The maximum Gasteiger partial charge on any atom is 0.0624 e. The minimum Gasteiger partial charge on any atom is -0.379 e. The fourth-order valence-corrected chi connectivity index (χ4v) is 4.13. The molecular weight excluding hydrogens is 355 g/mol. The summed E-state index contributed by atoms with van der Waals surface area (Å²) in [6.07, 6.45) is 4.76. The highest BCUT2D eigenvalue weighted by Crippen LogP contribution is 2.30. The molecule has 23 heavy (non-hydrogen) atoms. The van der Waals surface area contributed by atoms with Crippen LogP contribution in [0.5, 0.6) is 0 Å². The van der Waals surface area contributed by atoms with E-state index in [-0.39, 0.29) is 12.4 Å². The molecule has 1 aromatic rings. The first-order chi connectivity index (χ1) is 10.8. The molecule has 3 rings (SSSR count). The number of benzene rings is 1. The first-order valence-electron chi connectivity index (χ1n) is 8.23. The van der Waals surface area contributed by atoms with Gasteiger partial charge >= 0.3 is 0 Å². The van der Waals surface area contributed by atoms with Crippen molar-refractivity contribution in [3.8, 4) is 0 Å². The number of hydrogen-bond donors (Lipinski definition) is 2. The van der Waals surface area contributed by atoms with Crippen molar-refractivity contribution in [3.63, 3.8) is 0 Å². The molecule has 2 N–H and O–H groups in total. The molecule has 130 valence electrons. The first kappa shape index (κ1) is 19.3. The fourth-order valence-electron chi connectivity index (χ4n) is 3.72. The van der Waals surface area contributed by atoms with Crippen LogP contribution in [0.1, 0.15) is 24.8 Å². The number of morpholine rings is 1. The Balaban J connectivity index is 0.00000192. The lowest BCUT2D eigenvalue weighted by atomic mass is 9.94. The Kier molecular flexibility index (Phi) is 7.93. The molecule has 3 atom stereocenters. The molecule has 1 saturated heterocycles. The zero-order chi connectivity index (χ0) is 15.4. The Labute approximate surface area is 154 Å². The van der Waals surface area contributed by atoms with Crippen LogP contribution in [0.15, 0.2) is 18.2 Å². The highest BCUT2D eigenvalue weighted by molar-refractivity contribution is 6.42. The molecule has 0 spiro atoms. The molecule has 1 aliphatic carbocycles. The van der Waals surface area contributed by atoms with E-state index < -0.39 is 0 Å². The Hall–Kier alpha value is -0.0300. The van der Waals surface area contributed by atoms with E-state index in [2.05, 4.69) is 16.7 Å². The maximum absolute atomic E-state index is 6.25. The highest BCUT2D eigenvalue weighted by Gasteiger charge is 2.34. The lowest BCUT2D eigenvalue weighted by Gasteiger charge is -2.33. The van der Waals surface area contributed by atoms with Crippen LogP contribution >= 0.6 is 35.6 Å². The van der Waals surface area contributed by atoms with E-state index in [1.54, 1.807) is 0 Å². The molecule has 1 aliphatic heterocycles. The van der Waals surface area contributed by atoms with Gasteiger partial charge in [0, 0.05) is 18.6 Å².